The van der Waals surface area contributed by atoms with E-state index >= 15 is 0 Å². The Hall–Kier alpha value is -3.76. The third kappa shape index (κ3) is 4.43. The fourth-order valence-electron chi connectivity index (χ4n) is 3.45. The smallest absolute Gasteiger partial charge is 0.331 e. The van der Waals surface area contributed by atoms with Crippen molar-refractivity contribution in [2.24, 2.45) is 0 Å². The number of furan rings is 1. The van der Waals surface area contributed by atoms with Gasteiger partial charge in [0.05, 0.1) is 15.4 Å². The van der Waals surface area contributed by atoms with Gasteiger partial charge in [-0.1, -0.05) is 60.4 Å². The van der Waals surface area contributed by atoms with E-state index in [0.29, 0.717) is 11.1 Å². The number of carbonyl (C=O) groups excluding carboxylic acids is 1. The maximum absolute atomic E-state index is 13.1. The summed E-state index contributed by atoms with van der Waals surface area (Å²) in [6, 6.07) is 15.1. The number of benzene rings is 2. The largest absolute Gasteiger partial charge is 0.479 e. The number of carbonyl (C=O) groups is 2. The third-order valence-electron chi connectivity index (χ3n) is 4.95. The number of rotatable bonds is 6. The zero-order valence-corrected chi connectivity index (χ0v) is 18.8. The number of thiocarbonyl (C=S) groups is 1. The van der Waals surface area contributed by atoms with Gasteiger partial charge >= 0.3 is 5.97 Å². The molecule has 0 aliphatic carbocycles. The molecule has 1 fully saturated rings. The van der Waals surface area contributed by atoms with Crippen LogP contribution in [0.25, 0.3) is 17.4 Å². The topological polar surface area (TPSA) is 114 Å². The van der Waals surface area contributed by atoms with Crippen molar-refractivity contribution < 1.29 is 24.0 Å². The van der Waals surface area contributed by atoms with Crippen LogP contribution in [-0.4, -0.2) is 31.1 Å². The molecule has 1 aliphatic rings. The lowest BCUT2D eigenvalue weighted by atomic mass is 10.1. The van der Waals surface area contributed by atoms with Gasteiger partial charge in [0.1, 0.15) is 15.8 Å². The Morgan fingerprint density at radius 1 is 1.21 bits per heavy atom. The summed E-state index contributed by atoms with van der Waals surface area (Å²) in [5.74, 6) is -1.20. The molecule has 3 aromatic rings. The van der Waals surface area contributed by atoms with Crippen LogP contribution in [-0.2, 0) is 9.59 Å². The number of nitrogens with zero attached hydrogens (tertiary/aromatic N) is 2. The summed E-state index contributed by atoms with van der Waals surface area (Å²) in [4.78, 5) is 37.2. The highest BCUT2D eigenvalue weighted by Gasteiger charge is 2.41. The van der Waals surface area contributed by atoms with Crippen LogP contribution in [0.2, 0.25) is 0 Å². The first-order valence-corrected chi connectivity index (χ1v) is 10.9. The summed E-state index contributed by atoms with van der Waals surface area (Å²) in [7, 11) is 0. The molecule has 1 aromatic heterocycles. The molecule has 166 valence electrons. The number of aryl methyl sites for hydroxylation is 1. The number of carboxylic acid groups (broad SMARTS) is 1. The number of amides is 1. The van der Waals surface area contributed by atoms with Crippen LogP contribution in [0.5, 0.6) is 0 Å². The van der Waals surface area contributed by atoms with Crippen molar-refractivity contribution in [1.29, 1.82) is 0 Å². The Balaban J connectivity index is 1.65. The van der Waals surface area contributed by atoms with Crippen molar-refractivity contribution in [3.8, 4) is 11.3 Å². The maximum Gasteiger partial charge on any atom is 0.331 e. The van der Waals surface area contributed by atoms with E-state index in [-0.39, 0.29) is 26.4 Å². The van der Waals surface area contributed by atoms with Gasteiger partial charge in [0, 0.05) is 12.1 Å². The average molecular weight is 481 g/mol. The molecule has 8 nitrogen and oxygen atoms in total. The van der Waals surface area contributed by atoms with Gasteiger partial charge in [0.25, 0.3) is 11.6 Å². The van der Waals surface area contributed by atoms with Gasteiger partial charge in [-0.15, -0.1) is 0 Å². The quantitative estimate of drug-likeness (QED) is 0.222. The fraction of sp³-hybridized carbons (Fsp3) is 0.0870. The van der Waals surface area contributed by atoms with Gasteiger partial charge in [-0.25, -0.2) is 4.79 Å². The molecule has 0 spiro atoms. The van der Waals surface area contributed by atoms with Crippen LogP contribution < -0.4 is 0 Å². The molecular weight excluding hydrogens is 464 g/mol. The highest BCUT2D eigenvalue weighted by Crippen LogP contribution is 2.39. The maximum atomic E-state index is 13.1. The van der Waals surface area contributed by atoms with E-state index in [0.717, 1.165) is 22.2 Å². The summed E-state index contributed by atoms with van der Waals surface area (Å²) in [5.41, 5.74) is 1.39. The molecule has 0 bridgehead atoms. The lowest BCUT2D eigenvalue weighted by Gasteiger charge is -2.23. The van der Waals surface area contributed by atoms with Gasteiger partial charge < -0.3 is 9.52 Å². The molecule has 4 rings (SSSR count). The van der Waals surface area contributed by atoms with Gasteiger partial charge in [-0.3, -0.25) is 19.8 Å². The van der Waals surface area contributed by atoms with Crippen LogP contribution in [0.1, 0.15) is 22.9 Å². The highest BCUT2D eigenvalue weighted by molar-refractivity contribution is 8.26. The molecule has 1 saturated heterocycles. The van der Waals surface area contributed by atoms with Gasteiger partial charge in [0.15, 0.2) is 6.04 Å². The third-order valence-corrected chi connectivity index (χ3v) is 6.28. The minimum absolute atomic E-state index is 0.0885. The monoisotopic (exact) mass is 480 g/mol. The summed E-state index contributed by atoms with van der Waals surface area (Å²) < 4.78 is 5.86. The summed E-state index contributed by atoms with van der Waals surface area (Å²) in [6.45, 7) is 1.76. The van der Waals surface area contributed by atoms with Crippen LogP contribution in [0.4, 0.5) is 5.69 Å². The van der Waals surface area contributed by atoms with Crippen molar-refractivity contribution >= 4 is 51.9 Å². The van der Waals surface area contributed by atoms with Crippen molar-refractivity contribution in [2.45, 2.75) is 13.0 Å². The van der Waals surface area contributed by atoms with Gasteiger partial charge in [-0.2, -0.15) is 0 Å². The standard InChI is InChI=1S/C23H16N2O6S2/c1-13-7-9-16(17(11-13)25(29)30)18-10-8-15(31-18)12-19-21(26)24(23(32)33-19)20(22(27)28)14-5-3-2-4-6-14/h2-12,20H,1H3,(H,27,28)/b19-12-/t20-/m1/s1. The van der Waals surface area contributed by atoms with E-state index in [1.54, 1.807) is 61.5 Å². The van der Waals surface area contributed by atoms with E-state index < -0.39 is 22.8 Å². The summed E-state index contributed by atoms with van der Waals surface area (Å²) in [6.07, 6.45) is 1.45. The number of nitro benzene ring substituents is 1. The minimum atomic E-state index is -1.26. The number of hydrogen-bond donors (Lipinski definition) is 1. The first kappa shape index (κ1) is 22.4. The predicted molar refractivity (Wildman–Crippen MR) is 127 cm³/mol. The SMILES string of the molecule is Cc1ccc(-c2ccc(/C=C3\SC(=S)N([C@@H](C(=O)O)c4ccccc4)C3=O)o2)c([N+](=O)[O-])c1. The molecule has 0 saturated carbocycles. The molecule has 1 aliphatic heterocycles. The molecule has 33 heavy (non-hydrogen) atoms. The molecule has 10 heteroatoms. The number of nitro groups is 1. The predicted octanol–water partition coefficient (Wildman–Crippen LogP) is 5.19. The Bertz CT molecular complexity index is 1320. The molecule has 0 unspecified atom stereocenters. The second-order valence-corrected chi connectivity index (χ2v) is 8.86. The second kappa shape index (κ2) is 9.00. The van der Waals surface area contributed by atoms with Gasteiger partial charge in [-0.05, 0) is 36.2 Å². The van der Waals surface area contributed by atoms with Gasteiger partial charge in [0.2, 0.25) is 0 Å². The second-order valence-electron chi connectivity index (χ2n) is 7.18. The van der Waals surface area contributed by atoms with Crippen molar-refractivity contribution in [1.82, 2.24) is 4.90 Å². The number of aliphatic carboxylic acids is 1. The van der Waals surface area contributed by atoms with E-state index in [2.05, 4.69) is 0 Å². The minimum Gasteiger partial charge on any atom is -0.479 e. The van der Waals surface area contributed by atoms with Crippen LogP contribution >= 0.6 is 24.0 Å². The van der Waals surface area contributed by atoms with E-state index in [4.69, 9.17) is 16.6 Å². The van der Waals surface area contributed by atoms with E-state index in [9.17, 15) is 24.8 Å². The Morgan fingerprint density at radius 3 is 2.61 bits per heavy atom. The van der Waals surface area contributed by atoms with Crippen molar-refractivity contribution in [3.05, 3.63) is 92.6 Å². The lowest BCUT2D eigenvalue weighted by Crippen LogP contribution is -2.37. The van der Waals surface area contributed by atoms with E-state index in [1.165, 1.54) is 12.1 Å². The first-order chi connectivity index (χ1) is 15.8. The van der Waals surface area contributed by atoms with Crippen LogP contribution in [0.3, 0.4) is 0 Å². The molecule has 0 radical (unpaired) electrons. The number of carboxylic acids is 1. The average Bonchev–Trinajstić information content (AvgIpc) is 3.34. The number of thioether (sulfide) groups is 1. The van der Waals surface area contributed by atoms with E-state index in [1.807, 2.05) is 0 Å². The zero-order chi connectivity index (χ0) is 23.7. The van der Waals surface area contributed by atoms with Crippen LogP contribution in [0, 0.1) is 17.0 Å². The summed E-state index contributed by atoms with van der Waals surface area (Å²) >= 11 is 6.27. The molecule has 2 aromatic carbocycles. The number of hydrogen-bond acceptors (Lipinski definition) is 7. The highest BCUT2D eigenvalue weighted by atomic mass is 32.2. The Labute approximate surface area is 197 Å². The summed E-state index contributed by atoms with van der Waals surface area (Å²) in [5, 5.41) is 21.2. The molecule has 1 atom stereocenters. The molecule has 2 heterocycles. The first-order valence-electron chi connectivity index (χ1n) is 9.66. The molecule has 1 N–H and O–H groups in total. The fourth-order valence-corrected chi connectivity index (χ4v) is 4.74. The van der Waals surface area contributed by atoms with Crippen molar-refractivity contribution in [2.75, 3.05) is 0 Å². The van der Waals surface area contributed by atoms with Crippen LogP contribution in [0.15, 0.2) is 70.0 Å². The normalized spacial score (nSPS) is 15.8. The van der Waals surface area contributed by atoms with Crippen molar-refractivity contribution in [3.63, 3.8) is 0 Å². The lowest BCUT2D eigenvalue weighted by molar-refractivity contribution is -0.384. The molecular formula is C23H16N2O6S2. The zero-order valence-electron chi connectivity index (χ0n) is 17.1. The molecule has 1 amide bonds. The Morgan fingerprint density at radius 2 is 1.94 bits per heavy atom. The Kier molecular flexibility index (Phi) is 6.12.